The Morgan fingerprint density at radius 1 is 1.31 bits per heavy atom. The van der Waals surface area contributed by atoms with Crippen LogP contribution in [0.2, 0.25) is 0 Å². The molecule has 3 atom stereocenters. The van der Waals surface area contributed by atoms with Crippen LogP contribution in [0, 0.1) is 17.3 Å². The van der Waals surface area contributed by atoms with E-state index < -0.39 is 13.0 Å². The molecule has 0 bridgehead atoms. The molecule has 0 radical (unpaired) electrons. The topological polar surface area (TPSA) is 57.6 Å². The van der Waals surface area contributed by atoms with Gasteiger partial charge >= 0.3 is 6.61 Å². The fourth-order valence-electron chi connectivity index (χ4n) is 4.26. The standard InChI is InChI=1S/C22H31F4N3OS.C3H6O/c1-22(2,3)15-9-14(6-7-18(23)24)11-29(12-15)13-16-10-28-20(31-16)17-5-4-8-27-19(17)30-21(25)26;1-3(2)4/h4-5,8,10,14-15,18,20-21,28H,6-7,9,11-13H2,1-3H3;4H,1H2,2H3. The minimum atomic E-state index is -2.93. The number of thioether (sulfide) groups is 1. The van der Waals surface area contributed by atoms with Gasteiger partial charge in [0.05, 0.1) is 5.76 Å². The number of nitrogens with one attached hydrogen (secondary N) is 1. The number of likely N-dealkylation sites (tertiary alicyclic amines) is 1. The SMILES string of the molecule is C=C(C)O.CC(C)(C)C1CC(CCC(F)F)CN(CC2=CNC(c3cccnc3OC(F)F)S2)C1. The van der Waals surface area contributed by atoms with Crippen LogP contribution in [0.15, 0.2) is 41.8 Å². The van der Waals surface area contributed by atoms with E-state index in [1.165, 1.54) is 13.1 Å². The summed E-state index contributed by atoms with van der Waals surface area (Å²) >= 11 is 1.55. The molecule has 0 spiro atoms. The van der Waals surface area contributed by atoms with Gasteiger partial charge in [0.25, 0.3) is 0 Å². The van der Waals surface area contributed by atoms with Crippen molar-refractivity contribution in [2.45, 2.75) is 65.4 Å². The first-order valence-electron chi connectivity index (χ1n) is 11.7. The molecule has 3 rings (SSSR count). The molecule has 2 aliphatic rings. The molecule has 198 valence electrons. The van der Waals surface area contributed by atoms with Crippen LogP contribution in [0.4, 0.5) is 17.6 Å². The number of piperidine rings is 1. The van der Waals surface area contributed by atoms with Crippen molar-refractivity contribution < 1.29 is 27.4 Å². The highest BCUT2D eigenvalue weighted by molar-refractivity contribution is 8.03. The predicted molar refractivity (Wildman–Crippen MR) is 133 cm³/mol. The summed E-state index contributed by atoms with van der Waals surface area (Å²) in [7, 11) is 0. The zero-order valence-corrected chi connectivity index (χ0v) is 21.6. The van der Waals surface area contributed by atoms with Gasteiger partial charge < -0.3 is 15.2 Å². The second kappa shape index (κ2) is 13.4. The molecule has 1 saturated heterocycles. The van der Waals surface area contributed by atoms with Crippen LogP contribution in [0.1, 0.15) is 57.9 Å². The molecule has 0 amide bonds. The number of ether oxygens (including phenoxy) is 1. The van der Waals surface area contributed by atoms with Gasteiger partial charge in [0.15, 0.2) is 0 Å². The first kappa shape index (κ1) is 29.3. The second-order valence-electron chi connectivity index (χ2n) is 10.1. The van der Waals surface area contributed by atoms with Gasteiger partial charge in [-0.1, -0.05) is 39.1 Å². The molecule has 0 saturated carbocycles. The number of aliphatic hydroxyl groups is 1. The van der Waals surface area contributed by atoms with Crippen LogP contribution in [-0.2, 0) is 0 Å². The Kier molecular flexibility index (Phi) is 11.2. The van der Waals surface area contributed by atoms with Crippen molar-refractivity contribution in [3.05, 3.63) is 47.3 Å². The Morgan fingerprint density at radius 2 is 2.00 bits per heavy atom. The van der Waals surface area contributed by atoms with Gasteiger partial charge in [0.1, 0.15) is 5.37 Å². The minimum absolute atomic E-state index is 0.0512. The summed E-state index contributed by atoms with van der Waals surface area (Å²) in [4.78, 5) is 7.36. The molecule has 5 nitrogen and oxygen atoms in total. The van der Waals surface area contributed by atoms with Gasteiger partial charge in [-0.05, 0) is 49.1 Å². The fraction of sp³-hybridized carbons (Fsp3) is 0.640. The van der Waals surface area contributed by atoms with E-state index in [9.17, 15) is 17.6 Å². The summed E-state index contributed by atoms with van der Waals surface area (Å²) < 4.78 is 55.5. The lowest BCUT2D eigenvalue weighted by Crippen LogP contribution is -2.45. The Balaban J connectivity index is 0.00000100. The summed E-state index contributed by atoms with van der Waals surface area (Å²) in [6, 6.07) is 3.42. The maximum Gasteiger partial charge on any atom is 0.388 e. The molecule has 1 fully saturated rings. The van der Waals surface area contributed by atoms with Gasteiger partial charge in [-0.25, -0.2) is 13.8 Å². The molecule has 1 aromatic rings. The van der Waals surface area contributed by atoms with Gasteiger partial charge in [0.2, 0.25) is 12.3 Å². The van der Waals surface area contributed by atoms with E-state index in [0.29, 0.717) is 24.4 Å². The lowest BCUT2D eigenvalue weighted by atomic mass is 9.72. The maximum absolute atomic E-state index is 12.8. The lowest BCUT2D eigenvalue weighted by molar-refractivity contribution is -0.0535. The highest BCUT2D eigenvalue weighted by Gasteiger charge is 2.35. The summed E-state index contributed by atoms with van der Waals surface area (Å²) in [6.45, 7) is 10.8. The Morgan fingerprint density at radius 3 is 2.60 bits per heavy atom. The van der Waals surface area contributed by atoms with E-state index in [4.69, 9.17) is 5.11 Å². The number of nitrogens with zero attached hydrogens (tertiary/aromatic N) is 2. The number of rotatable bonds is 8. The van der Waals surface area contributed by atoms with Crippen molar-refractivity contribution in [1.29, 1.82) is 0 Å². The number of hydrogen-bond donors (Lipinski definition) is 2. The fourth-order valence-corrected chi connectivity index (χ4v) is 5.40. The molecule has 2 N–H and O–H groups in total. The summed E-state index contributed by atoms with van der Waals surface area (Å²) in [5.41, 5.74) is 0.678. The molecule has 1 aromatic heterocycles. The molecule has 35 heavy (non-hydrogen) atoms. The highest BCUT2D eigenvalue weighted by Crippen LogP contribution is 2.42. The number of aromatic nitrogens is 1. The van der Waals surface area contributed by atoms with Crippen LogP contribution >= 0.6 is 11.8 Å². The Labute approximate surface area is 210 Å². The van der Waals surface area contributed by atoms with E-state index in [2.05, 4.69) is 47.3 Å². The minimum Gasteiger partial charge on any atom is -0.513 e. The quantitative estimate of drug-likeness (QED) is 0.286. The van der Waals surface area contributed by atoms with Crippen LogP contribution in [0.3, 0.4) is 0 Å². The third-order valence-corrected chi connectivity index (χ3v) is 7.13. The third-order valence-electron chi connectivity index (χ3n) is 5.96. The monoisotopic (exact) mass is 519 g/mol. The average Bonchev–Trinajstić information content (AvgIpc) is 3.19. The van der Waals surface area contributed by atoms with Crippen molar-refractivity contribution >= 4 is 11.8 Å². The summed E-state index contributed by atoms with van der Waals surface area (Å²) in [6.07, 6.45) is 2.54. The molecule has 3 heterocycles. The second-order valence-corrected chi connectivity index (χ2v) is 11.3. The van der Waals surface area contributed by atoms with Gasteiger partial charge in [-0.3, -0.25) is 4.90 Å². The third kappa shape index (κ3) is 10.3. The van der Waals surface area contributed by atoms with Gasteiger partial charge in [-0.15, -0.1) is 0 Å². The zero-order valence-electron chi connectivity index (χ0n) is 20.8. The smallest absolute Gasteiger partial charge is 0.388 e. The molecular weight excluding hydrogens is 482 g/mol. The van der Waals surface area contributed by atoms with E-state index in [-0.39, 0.29) is 34.8 Å². The number of aliphatic hydroxyl groups excluding tert-OH is 1. The van der Waals surface area contributed by atoms with E-state index in [0.717, 1.165) is 24.4 Å². The van der Waals surface area contributed by atoms with Crippen molar-refractivity contribution in [1.82, 2.24) is 15.2 Å². The Bertz CT molecular complexity index is 844. The van der Waals surface area contributed by atoms with Crippen molar-refractivity contribution in [2.75, 3.05) is 19.6 Å². The van der Waals surface area contributed by atoms with Crippen LogP contribution < -0.4 is 10.1 Å². The van der Waals surface area contributed by atoms with Crippen LogP contribution in [-0.4, -0.2) is 47.7 Å². The summed E-state index contributed by atoms with van der Waals surface area (Å²) in [5.74, 6) is 0.783. The molecule has 0 aromatic carbocycles. The van der Waals surface area contributed by atoms with Gasteiger partial charge in [0, 0.05) is 48.9 Å². The highest BCUT2D eigenvalue weighted by atomic mass is 32.2. The summed E-state index contributed by atoms with van der Waals surface area (Å²) in [5, 5.41) is 10.8. The molecule has 0 aliphatic carbocycles. The lowest BCUT2D eigenvalue weighted by Gasteiger charge is -2.43. The maximum atomic E-state index is 12.8. The van der Waals surface area contributed by atoms with Crippen LogP contribution in [0.5, 0.6) is 5.88 Å². The average molecular weight is 520 g/mol. The van der Waals surface area contributed by atoms with Crippen LogP contribution in [0.25, 0.3) is 0 Å². The van der Waals surface area contributed by atoms with E-state index in [1.54, 1.807) is 23.9 Å². The van der Waals surface area contributed by atoms with Crippen molar-refractivity contribution in [2.24, 2.45) is 17.3 Å². The number of pyridine rings is 1. The zero-order chi connectivity index (χ0) is 26.2. The number of alkyl halides is 4. The first-order valence-corrected chi connectivity index (χ1v) is 12.6. The normalized spacial score (nSPS) is 22.9. The van der Waals surface area contributed by atoms with Crippen molar-refractivity contribution in [3.63, 3.8) is 0 Å². The van der Waals surface area contributed by atoms with E-state index in [1.807, 2.05) is 6.20 Å². The van der Waals surface area contributed by atoms with Crippen molar-refractivity contribution in [3.8, 4) is 5.88 Å². The largest absolute Gasteiger partial charge is 0.513 e. The molecule has 2 aliphatic heterocycles. The Hall–Kier alpha value is -1.94. The first-order chi connectivity index (χ1) is 16.3. The number of halogens is 4. The number of allylic oxidation sites excluding steroid dienone is 1. The predicted octanol–water partition coefficient (Wildman–Crippen LogP) is 6.97. The molecular formula is C25H37F4N3O2S. The molecule has 10 heteroatoms. The molecule has 3 unspecified atom stereocenters. The van der Waals surface area contributed by atoms with E-state index >= 15 is 0 Å². The number of hydrogen-bond acceptors (Lipinski definition) is 6. The van der Waals surface area contributed by atoms with Gasteiger partial charge in [-0.2, -0.15) is 8.78 Å².